The molecule has 1 radical (unpaired) electrons. The van der Waals surface area contributed by atoms with E-state index in [9.17, 15) is 4.79 Å². The first-order valence-corrected chi connectivity index (χ1v) is 11.4. The molecule has 163 valence electrons. The van der Waals surface area contributed by atoms with Gasteiger partial charge in [0, 0.05) is 43.5 Å². The van der Waals surface area contributed by atoms with E-state index in [0.29, 0.717) is 27.2 Å². The first kappa shape index (κ1) is 21.8. The smallest absolute Gasteiger partial charge is 0.249 e. The molecule has 0 aliphatic heterocycles. The fourth-order valence-corrected chi connectivity index (χ4v) is 4.95. The molecule has 0 saturated heterocycles. The summed E-state index contributed by atoms with van der Waals surface area (Å²) in [5.41, 5.74) is 11.8. The van der Waals surface area contributed by atoms with Crippen LogP contribution >= 0.6 is 34.8 Å². The quantitative estimate of drug-likeness (QED) is 0.275. The summed E-state index contributed by atoms with van der Waals surface area (Å²) < 4.78 is 2.15. The molecule has 1 heterocycles. The van der Waals surface area contributed by atoms with Gasteiger partial charge in [0.25, 0.3) is 0 Å². The molecule has 0 spiro atoms. The van der Waals surface area contributed by atoms with Crippen LogP contribution in [-0.2, 0) is 6.54 Å². The van der Waals surface area contributed by atoms with E-state index in [1.165, 1.54) is 0 Å². The van der Waals surface area contributed by atoms with Crippen molar-refractivity contribution in [2.75, 3.05) is 0 Å². The second-order valence-electron chi connectivity index (χ2n) is 8.01. The van der Waals surface area contributed by atoms with E-state index in [-0.39, 0.29) is 0 Å². The Morgan fingerprint density at radius 1 is 0.970 bits per heavy atom. The lowest BCUT2D eigenvalue weighted by molar-refractivity contribution is 0.100. The molecule has 0 aliphatic carbocycles. The van der Waals surface area contributed by atoms with E-state index in [4.69, 9.17) is 40.5 Å². The van der Waals surface area contributed by atoms with E-state index in [1.54, 1.807) is 12.1 Å². The maximum Gasteiger partial charge on any atom is 0.249 e. The molecule has 0 atom stereocenters. The molecule has 6 heteroatoms. The Balaban J connectivity index is 1.80. The summed E-state index contributed by atoms with van der Waals surface area (Å²) in [7, 11) is 0. The van der Waals surface area contributed by atoms with E-state index in [1.807, 2.05) is 49.4 Å². The van der Waals surface area contributed by atoms with Crippen LogP contribution in [0.4, 0.5) is 0 Å². The summed E-state index contributed by atoms with van der Waals surface area (Å²) in [6.45, 7) is 2.54. The van der Waals surface area contributed by atoms with Gasteiger partial charge in [-0.05, 0) is 72.1 Å². The monoisotopic (exact) mass is 491 g/mol. The van der Waals surface area contributed by atoms with Gasteiger partial charge in [-0.2, -0.15) is 0 Å². The summed E-state index contributed by atoms with van der Waals surface area (Å²) in [6.07, 6.45) is 0. The molecular weight excluding hydrogens is 475 g/mol. The molecule has 5 rings (SSSR count). The number of primary amides is 1. The molecular formula is C27H18Cl3N2O. The van der Waals surface area contributed by atoms with Gasteiger partial charge < -0.3 is 10.3 Å². The van der Waals surface area contributed by atoms with Crippen molar-refractivity contribution < 1.29 is 4.79 Å². The van der Waals surface area contributed by atoms with Crippen molar-refractivity contribution in [2.24, 2.45) is 5.73 Å². The van der Waals surface area contributed by atoms with Gasteiger partial charge >= 0.3 is 0 Å². The zero-order valence-electron chi connectivity index (χ0n) is 17.6. The highest BCUT2D eigenvalue weighted by Gasteiger charge is 2.18. The van der Waals surface area contributed by atoms with Gasteiger partial charge in [0.2, 0.25) is 5.91 Å². The van der Waals surface area contributed by atoms with Crippen LogP contribution in [0.25, 0.3) is 32.9 Å². The van der Waals surface area contributed by atoms with E-state index in [2.05, 4.69) is 22.8 Å². The van der Waals surface area contributed by atoms with Crippen molar-refractivity contribution in [3.05, 3.63) is 105 Å². The average molecular weight is 493 g/mol. The predicted molar refractivity (Wildman–Crippen MR) is 138 cm³/mol. The van der Waals surface area contributed by atoms with Gasteiger partial charge in [-0.1, -0.05) is 59.1 Å². The van der Waals surface area contributed by atoms with E-state index >= 15 is 0 Å². The van der Waals surface area contributed by atoms with Crippen molar-refractivity contribution in [2.45, 2.75) is 13.5 Å². The highest BCUT2D eigenvalue weighted by Crippen LogP contribution is 2.37. The van der Waals surface area contributed by atoms with E-state index < -0.39 is 5.91 Å². The van der Waals surface area contributed by atoms with Gasteiger partial charge in [-0.3, -0.25) is 4.79 Å². The number of aromatic nitrogens is 1. The van der Waals surface area contributed by atoms with Crippen LogP contribution in [-0.4, -0.2) is 10.5 Å². The summed E-state index contributed by atoms with van der Waals surface area (Å²) in [5.74, 6) is -0.476. The van der Waals surface area contributed by atoms with Crippen molar-refractivity contribution in [1.82, 2.24) is 4.57 Å². The Morgan fingerprint density at radius 3 is 2.52 bits per heavy atom. The molecule has 0 unspecified atom stereocenters. The maximum atomic E-state index is 12.2. The van der Waals surface area contributed by atoms with Crippen molar-refractivity contribution in [1.29, 1.82) is 0 Å². The van der Waals surface area contributed by atoms with Crippen LogP contribution in [0.15, 0.2) is 66.7 Å². The number of nitrogens with two attached hydrogens (primary N) is 1. The molecule has 0 bridgehead atoms. The summed E-state index contributed by atoms with van der Waals surface area (Å²) in [6, 6.07) is 24.3. The van der Waals surface area contributed by atoms with Crippen molar-refractivity contribution in [3.63, 3.8) is 0 Å². The largest absolute Gasteiger partial charge is 0.366 e. The Bertz CT molecular complexity index is 1570. The number of benzene rings is 4. The summed E-state index contributed by atoms with van der Waals surface area (Å²) >= 11 is 19.0. The fourth-order valence-electron chi connectivity index (χ4n) is 4.23. The fraction of sp³-hybridized carbons (Fsp3) is 0.0741. The third-order valence-corrected chi connectivity index (χ3v) is 6.83. The average Bonchev–Trinajstić information content (AvgIpc) is 3.09. The minimum Gasteiger partial charge on any atom is -0.366 e. The highest BCUT2D eigenvalue weighted by atomic mass is 35.5. The molecule has 2 N–H and O–H groups in total. The van der Waals surface area contributed by atoms with Gasteiger partial charge in [-0.25, -0.2) is 0 Å². The first-order valence-electron chi connectivity index (χ1n) is 10.3. The molecule has 0 aliphatic rings. The third kappa shape index (κ3) is 3.87. The number of rotatable bonds is 4. The predicted octanol–water partition coefficient (Wildman–Crippen LogP) is 7.68. The first-order chi connectivity index (χ1) is 15.8. The lowest BCUT2D eigenvalue weighted by Gasteiger charge is -2.11. The topological polar surface area (TPSA) is 48.0 Å². The Kier molecular flexibility index (Phi) is 5.57. The van der Waals surface area contributed by atoms with Crippen LogP contribution in [0.1, 0.15) is 21.5 Å². The van der Waals surface area contributed by atoms with Crippen LogP contribution in [0.2, 0.25) is 15.1 Å². The van der Waals surface area contributed by atoms with Crippen molar-refractivity contribution in [3.8, 4) is 11.1 Å². The molecule has 5 aromatic rings. The third-order valence-electron chi connectivity index (χ3n) is 5.88. The Labute approximate surface area is 206 Å². The molecule has 0 saturated carbocycles. The zero-order chi connectivity index (χ0) is 23.3. The van der Waals surface area contributed by atoms with Gasteiger partial charge in [0.1, 0.15) is 0 Å². The Morgan fingerprint density at radius 2 is 1.79 bits per heavy atom. The number of hydrogen-bond donors (Lipinski definition) is 1. The number of aryl methyl sites for hydroxylation is 1. The van der Waals surface area contributed by atoms with Crippen LogP contribution < -0.4 is 5.73 Å². The van der Waals surface area contributed by atoms with Crippen LogP contribution in [0.3, 0.4) is 0 Å². The van der Waals surface area contributed by atoms with E-state index in [0.717, 1.165) is 44.1 Å². The minimum atomic E-state index is -0.476. The molecule has 4 aromatic carbocycles. The maximum absolute atomic E-state index is 12.2. The standard InChI is InChI=1S/C27H18Cl3N2O/c1-15-5-6-16(11-22(15)29)14-32-24-4-2-3-21(27(31)33)26(24)20-9-7-17(12-25(20)32)19-10-8-18(28)13-23(19)30/h2-8,10-13H,14H2,1H3,(H2,31,33). The SMILES string of the molecule is Cc1ccc(Cn2c3cc(-c4ccc(Cl)cc4Cl)c[c]c3c3c(C(N)=O)cccc32)cc1Cl. The van der Waals surface area contributed by atoms with Crippen LogP contribution in [0.5, 0.6) is 0 Å². The van der Waals surface area contributed by atoms with Crippen LogP contribution in [0, 0.1) is 13.0 Å². The summed E-state index contributed by atoms with van der Waals surface area (Å²) in [5, 5.41) is 3.45. The number of halogens is 3. The Hall–Kier alpha value is -2.98. The summed E-state index contributed by atoms with van der Waals surface area (Å²) in [4.78, 5) is 12.2. The number of hydrogen-bond acceptors (Lipinski definition) is 1. The van der Waals surface area contributed by atoms with Crippen molar-refractivity contribution >= 4 is 62.5 Å². The van der Waals surface area contributed by atoms with Gasteiger partial charge in [0.15, 0.2) is 0 Å². The number of carbonyl (C=O) groups is 1. The highest BCUT2D eigenvalue weighted by molar-refractivity contribution is 6.36. The van der Waals surface area contributed by atoms with Gasteiger partial charge in [-0.15, -0.1) is 0 Å². The second kappa shape index (κ2) is 8.42. The molecule has 1 aromatic heterocycles. The lowest BCUT2D eigenvalue weighted by Crippen LogP contribution is -2.11. The number of fused-ring (bicyclic) bond motifs is 3. The zero-order valence-corrected chi connectivity index (χ0v) is 19.9. The minimum absolute atomic E-state index is 0.465. The molecule has 3 nitrogen and oxygen atoms in total. The second-order valence-corrected chi connectivity index (χ2v) is 9.26. The number of carbonyl (C=O) groups excluding carboxylic acids is 1. The molecule has 1 amide bonds. The lowest BCUT2D eigenvalue weighted by atomic mass is 10.0. The van der Waals surface area contributed by atoms with Gasteiger partial charge in [0.05, 0.1) is 11.0 Å². The molecule has 0 fully saturated rings. The normalized spacial score (nSPS) is 11.4. The number of amides is 1. The molecule has 33 heavy (non-hydrogen) atoms. The number of nitrogens with zero attached hydrogens (tertiary/aromatic N) is 1.